The fraction of sp³-hybridized carbons (Fsp3) is 0.857. The van der Waals surface area contributed by atoms with Gasteiger partial charge in [0, 0.05) is 6.61 Å². The van der Waals surface area contributed by atoms with Crippen molar-refractivity contribution in [1.82, 2.24) is 5.32 Å². The van der Waals surface area contributed by atoms with E-state index in [-0.39, 0.29) is 11.9 Å². The Hall–Kier alpha value is -0.610. The molecule has 1 unspecified atom stereocenters. The van der Waals surface area contributed by atoms with E-state index in [1.54, 1.807) is 0 Å². The van der Waals surface area contributed by atoms with Gasteiger partial charge >= 0.3 is 0 Å². The molecule has 0 aromatic heterocycles. The van der Waals surface area contributed by atoms with Crippen LogP contribution in [0.5, 0.6) is 0 Å². The zero-order chi connectivity index (χ0) is 8.10. The van der Waals surface area contributed by atoms with Crippen molar-refractivity contribution in [2.24, 2.45) is 0 Å². The maximum atomic E-state index is 10.7. The third-order valence-corrected chi connectivity index (χ3v) is 1.67. The molecule has 0 aromatic carbocycles. The summed E-state index contributed by atoms with van der Waals surface area (Å²) in [6, 6.07) is 0.100. The van der Waals surface area contributed by atoms with Crippen LogP contribution in [0, 0.1) is 0 Å². The number of nitrogens with one attached hydrogen (secondary N) is 1. The first-order chi connectivity index (χ1) is 5.33. The van der Waals surface area contributed by atoms with Crippen molar-refractivity contribution in [2.45, 2.75) is 18.9 Å². The Labute approximate surface area is 65.5 Å². The van der Waals surface area contributed by atoms with E-state index in [1.807, 2.05) is 0 Å². The first-order valence-electron chi connectivity index (χ1n) is 3.81. The SMILES string of the molecule is O=C(CO)NC1CCCOC1. The van der Waals surface area contributed by atoms with Crippen LogP contribution in [0.4, 0.5) is 0 Å². The standard InChI is InChI=1S/C7H13NO3/c9-4-7(10)8-6-2-1-3-11-5-6/h6,9H,1-5H2,(H,8,10). The lowest BCUT2D eigenvalue weighted by molar-refractivity contribution is -0.125. The summed E-state index contributed by atoms with van der Waals surface area (Å²) in [6.07, 6.45) is 1.93. The number of aliphatic hydroxyl groups excluding tert-OH is 1. The van der Waals surface area contributed by atoms with Crippen molar-refractivity contribution in [2.75, 3.05) is 19.8 Å². The van der Waals surface area contributed by atoms with Crippen molar-refractivity contribution >= 4 is 5.91 Å². The van der Waals surface area contributed by atoms with E-state index < -0.39 is 6.61 Å². The van der Waals surface area contributed by atoms with Crippen LogP contribution in [0.1, 0.15) is 12.8 Å². The number of carbonyl (C=O) groups is 1. The highest BCUT2D eigenvalue weighted by atomic mass is 16.5. The Kier molecular flexibility index (Phi) is 3.32. The Balaban J connectivity index is 2.19. The largest absolute Gasteiger partial charge is 0.387 e. The number of amides is 1. The molecule has 1 atom stereocenters. The Morgan fingerprint density at radius 1 is 1.73 bits per heavy atom. The van der Waals surface area contributed by atoms with Gasteiger partial charge in [0.2, 0.25) is 5.91 Å². The van der Waals surface area contributed by atoms with Gasteiger partial charge in [-0.1, -0.05) is 0 Å². The topological polar surface area (TPSA) is 58.6 Å². The van der Waals surface area contributed by atoms with Gasteiger partial charge in [-0.05, 0) is 12.8 Å². The minimum absolute atomic E-state index is 0.100. The third-order valence-electron chi connectivity index (χ3n) is 1.67. The molecule has 0 bridgehead atoms. The van der Waals surface area contributed by atoms with Crippen LogP contribution in [0.3, 0.4) is 0 Å². The van der Waals surface area contributed by atoms with Gasteiger partial charge in [-0.15, -0.1) is 0 Å². The van der Waals surface area contributed by atoms with E-state index in [9.17, 15) is 4.79 Å². The molecular weight excluding hydrogens is 146 g/mol. The highest BCUT2D eigenvalue weighted by molar-refractivity contribution is 5.77. The van der Waals surface area contributed by atoms with Crippen LogP contribution in [-0.4, -0.2) is 36.9 Å². The molecule has 0 radical (unpaired) electrons. The number of hydrogen-bond donors (Lipinski definition) is 2. The summed E-state index contributed by atoms with van der Waals surface area (Å²) in [6.45, 7) is 0.924. The summed E-state index contributed by atoms with van der Waals surface area (Å²) >= 11 is 0. The van der Waals surface area contributed by atoms with Crippen LogP contribution in [0.25, 0.3) is 0 Å². The zero-order valence-electron chi connectivity index (χ0n) is 6.38. The normalized spacial score (nSPS) is 24.6. The average molecular weight is 159 g/mol. The van der Waals surface area contributed by atoms with Crippen LogP contribution < -0.4 is 5.32 Å². The minimum Gasteiger partial charge on any atom is -0.387 e. The summed E-state index contributed by atoms with van der Waals surface area (Å²) in [5, 5.41) is 11.1. The van der Waals surface area contributed by atoms with Crippen molar-refractivity contribution in [3.05, 3.63) is 0 Å². The summed E-state index contributed by atoms with van der Waals surface area (Å²) in [7, 11) is 0. The van der Waals surface area contributed by atoms with E-state index in [1.165, 1.54) is 0 Å². The molecule has 1 aliphatic heterocycles. The van der Waals surface area contributed by atoms with E-state index in [4.69, 9.17) is 9.84 Å². The fourth-order valence-electron chi connectivity index (χ4n) is 1.13. The fourth-order valence-corrected chi connectivity index (χ4v) is 1.13. The number of carbonyl (C=O) groups excluding carboxylic acids is 1. The van der Waals surface area contributed by atoms with Gasteiger partial charge < -0.3 is 15.2 Å². The van der Waals surface area contributed by atoms with E-state index >= 15 is 0 Å². The Morgan fingerprint density at radius 3 is 3.09 bits per heavy atom. The smallest absolute Gasteiger partial charge is 0.246 e. The maximum Gasteiger partial charge on any atom is 0.246 e. The zero-order valence-corrected chi connectivity index (χ0v) is 6.38. The van der Waals surface area contributed by atoms with Crippen molar-refractivity contribution in [3.63, 3.8) is 0 Å². The molecule has 11 heavy (non-hydrogen) atoms. The van der Waals surface area contributed by atoms with Gasteiger partial charge in [0.25, 0.3) is 0 Å². The molecule has 64 valence electrons. The second-order valence-corrected chi connectivity index (χ2v) is 2.64. The first-order valence-corrected chi connectivity index (χ1v) is 3.81. The van der Waals surface area contributed by atoms with Gasteiger partial charge in [-0.25, -0.2) is 0 Å². The molecular formula is C7H13NO3. The Bertz CT molecular complexity index is 132. The molecule has 1 aliphatic rings. The summed E-state index contributed by atoms with van der Waals surface area (Å²) in [4.78, 5) is 10.7. The van der Waals surface area contributed by atoms with E-state index in [2.05, 4.69) is 5.32 Å². The number of ether oxygens (including phenoxy) is 1. The summed E-state index contributed by atoms with van der Waals surface area (Å²) in [5.41, 5.74) is 0. The summed E-state index contributed by atoms with van der Waals surface area (Å²) in [5.74, 6) is -0.319. The molecule has 2 N–H and O–H groups in total. The molecule has 0 aliphatic carbocycles. The van der Waals surface area contributed by atoms with Gasteiger partial charge in [0.1, 0.15) is 6.61 Å². The lowest BCUT2D eigenvalue weighted by atomic mass is 10.1. The van der Waals surface area contributed by atoms with Gasteiger partial charge in [0.05, 0.1) is 12.6 Å². The highest BCUT2D eigenvalue weighted by Gasteiger charge is 2.14. The van der Waals surface area contributed by atoms with Crippen molar-refractivity contribution < 1.29 is 14.6 Å². The lowest BCUT2D eigenvalue weighted by Crippen LogP contribution is -2.41. The van der Waals surface area contributed by atoms with Crippen molar-refractivity contribution in [1.29, 1.82) is 0 Å². The van der Waals surface area contributed by atoms with Crippen LogP contribution >= 0.6 is 0 Å². The third kappa shape index (κ3) is 2.86. The van der Waals surface area contributed by atoms with Gasteiger partial charge in [-0.2, -0.15) is 0 Å². The monoisotopic (exact) mass is 159 g/mol. The predicted octanol–water partition coefficient (Wildman–Crippen LogP) is -0.726. The van der Waals surface area contributed by atoms with Crippen molar-refractivity contribution in [3.8, 4) is 0 Å². The lowest BCUT2D eigenvalue weighted by Gasteiger charge is -2.22. The minimum atomic E-state index is -0.434. The first kappa shape index (κ1) is 8.49. The average Bonchev–Trinajstić information content (AvgIpc) is 2.06. The van der Waals surface area contributed by atoms with Gasteiger partial charge in [-0.3, -0.25) is 4.79 Å². The van der Waals surface area contributed by atoms with E-state index in [0.29, 0.717) is 6.61 Å². The molecule has 0 saturated carbocycles. The molecule has 4 nitrogen and oxygen atoms in total. The molecule has 0 aromatic rings. The second kappa shape index (κ2) is 4.31. The molecule has 1 fully saturated rings. The van der Waals surface area contributed by atoms with E-state index in [0.717, 1.165) is 19.4 Å². The predicted molar refractivity (Wildman–Crippen MR) is 39.1 cm³/mol. The maximum absolute atomic E-state index is 10.7. The highest BCUT2D eigenvalue weighted by Crippen LogP contribution is 2.04. The van der Waals surface area contributed by atoms with Crippen LogP contribution in [0.15, 0.2) is 0 Å². The molecule has 1 heterocycles. The number of aliphatic hydroxyl groups is 1. The molecule has 4 heteroatoms. The quantitative estimate of drug-likeness (QED) is 0.558. The van der Waals surface area contributed by atoms with Gasteiger partial charge in [0.15, 0.2) is 0 Å². The Morgan fingerprint density at radius 2 is 2.55 bits per heavy atom. The summed E-state index contributed by atoms with van der Waals surface area (Å²) < 4.78 is 5.13. The molecule has 1 saturated heterocycles. The van der Waals surface area contributed by atoms with Crippen LogP contribution in [-0.2, 0) is 9.53 Å². The molecule has 0 spiro atoms. The van der Waals surface area contributed by atoms with Crippen LogP contribution in [0.2, 0.25) is 0 Å². The number of hydrogen-bond acceptors (Lipinski definition) is 3. The molecule has 1 rings (SSSR count). The number of rotatable bonds is 2. The second-order valence-electron chi connectivity index (χ2n) is 2.64. The molecule has 1 amide bonds.